The summed E-state index contributed by atoms with van der Waals surface area (Å²) in [5, 5.41) is 2.89. The van der Waals surface area contributed by atoms with Crippen LogP contribution in [0.1, 0.15) is 18.4 Å². The zero-order valence-corrected chi connectivity index (χ0v) is 12.4. The van der Waals surface area contributed by atoms with Crippen molar-refractivity contribution in [1.82, 2.24) is 10.2 Å². The van der Waals surface area contributed by atoms with Crippen LogP contribution in [0.3, 0.4) is 0 Å². The van der Waals surface area contributed by atoms with Gasteiger partial charge in [0.1, 0.15) is 5.82 Å². The third kappa shape index (κ3) is 4.49. The van der Waals surface area contributed by atoms with Gasteiger partial charge in [0.15, 0.2) is 0 Å². The molecule has 0 saturated carbocycles. The predicted octanol–water partition coefficient (Wildman–Crippen LogP) is 2.08. The number of carbonyl (C=O) groups excluding carboxylic acids is 1. The van der Waals surface area contributed by atoms with Crippen molar-refractivity contribution >= 4 is 18.5 Å². The quantitative estimate of drug-likeness (QED) is 0.816. The highest BCUT2D eigenvalue weighted by Crippen LogP contribution is 2.19. The van der Waals surface area contributed by atoms with E-state index in [9.17, 15) is 9.18 Å². The summed E-state index contributed by atoms with van der Waals surface area (Å²) in [6.07, 6.45) is 1.94. The number of amides is 1. The maximum Gasteiger partial charge on any atom is 0.224 e. The fourth-order valence-corrected chi connectivity index (χ4v) is 2.74. The second-order valence-corrected chi connectivity index (χ2v) is 5.67. The highest BCUT2D eigenvalue weighted by Gasteiger charge is 2.25. The van der Waals surface area contributed by atoms with E-state index >= 15 is 0 Å². The van der Waals surface area contributed by atoms with Gasteiger partial charge in [-0.3, -0.25) is 9.69 Å². The molecule has 0 spiro atoms. The lowest BCUT2D eigenvalue weighted by Crippen LogP contribution is -2.43. The standard InChI is InChI=1S/C15H21FN2OS/c16-14-5-1-3-12(9-14)10-18-7-2-4-13(11-18)15(19)17-6-8-20/h1,3,5,9,13,20H,2,4,6-8,10-11H2,(H,17,19). The normalized spacial score (nSPS) is 19.8. The van der Waals surface area contributed by atoms with E-state index in [0.717, 1.165) is 31.5 Å². The largest absolute Gasteiger partial charge is 0.355 e. The first-order valence-corrected chi connectivity index (χ1v) is 7.67. The molecule has 1 N–H and O–H groups in total. The average Bonchev–Trinajstić information content (AvgIpc) is 2.45. The number of likely N-dealkylation sites (tertiary alicyclic amines) is 1. The second kappa shape index (κ2) is 7.64. The lowest BCUT2D eigenvalue weighted by Gasteiger charge is -2.32. The molecule has 0 aliphatic carbocycles. The molecule has 1 heterocycles. The van der Waals surface area contributed by atoms with Gasteiger partial charge in [0, 0.05) is 25.4 Å². The average molecular weight is 296 g/mol. The lowest BCUT2D eigenvalue weighted by molar-refractivity contribution is -0.126. The van der Waals surface area contributed by atoms with Crippen LogP contribution in [-0.4, -0.2) is 36.2 Å². The Kier molecular flexibility index (Phi) is 5.86. The van der Waals surface area contributed by atoms with E-state index in [4.69, 9.17) is 0 Å². The molecule has 3 nitrogen and oxygen atoms in total. The van der Waals surface area contributed by atoms with Crippen molar-refractivity contribution in [1.29, 1.82) is 0 Å². The monoisotopic (exact) mass is 296 g/mol. The number of thiol groups is 1. The summed E-state index contributed by atoms with van der Waals surface area (Å²) in [4.78, 5) is 14.2. The van der Waals surface area contributed by atoms with Crippen LogP contribution < -0.4 is 5.32 Å². The van der Waals surface area contributed by atoms with Crippen molar-refractivity contribution < 1.29 is 9.18 Å². The summed E-state index contributed by atoms with van der Waals surface area (Å²) in [6.45, 7) is 3.03. The molecule has 2 rings (SSSR count). The van der Waals surface area contributed by atoms with Gasteiger partial charge in [-0.05, 0) is 37.1 Å². The van der Waals surface area contributed by atoms with Crippen molar-refractivity contribution in [2.24, 2.45) is 5.92 Å². The smallest absolute Gasteiger partial charge is 0.224 e. The highest BCUT2D eigenvalue weighted by atomic mass is 32.1. The molecule has 1 fully saturated rings. The summed E-state index contributed by atoms with van der Waals surface area (Å²) in [5.41, 5.74) is 0.960. The minimum absolute atomic E-state index is 0.0391. The molecule has 1 aliphatic heterocycles. The van der Waals surface area contributed by atoms with Crippen molar-refractivity contribution in [3.63, 3.8) is 0 Å². The molecule has 0 radical (unpaired) electrons. The van der Waals surface area contributed by atoms with Crippen LogP contribution in [0.2, 0.25) is 0 Å². The first-order valence-electron chi connectivity index (χ1n) is 7.04. The number of benzene rings is 1. The van der Waals surface area contributed by atoms with Crippen LogP contribution in [0.4, 0.5) is 4.39 Å². The molecule has 1 aromatic carbocycles. The zero-order valence-electron chi connectivity index (χ0n) is 11.5. The molecule has 1 aliphatic rings. The van der Waals surface area contributed by atoms with E-state index in [2.05, 4.69) is 22.8 Å². The summed E-state index contributed by atoms with van der Waals surface area (Å²) in [7, 11) is 0. The maximum absolute atomic E-state index is 13.2. The molecule has 20 heavy (non-hydrogen) atoms. The topological polar surface area (TPSA) is 32.3 Å². The van der Waals surface area contributed by atoms with Crippen LogP contribution in [0, 0.1) is 11.7 Å². The van der Waals surface area contributed by atoms with E-state index in [-0.39, 0.29) is 17.6 Å². The lowest BCUT2D eigenvalue weighted by atomic mass is 9.96. The number of piperidine rings is 1. The molecule has 1 saturated heterocycles. The van der Waals surface area contributed by atoms with Crippen molar-refractivity contribution in [3.05, 3.63) is 35.6 Å². The van der Waals surface area contributed by atoms with Gasteiger partial charge >= 0.3 is 0 Å². The Morgan fingerprint density at radius 1 is 1.50 bits per heavy atom. The van der Waals surface area contributed by atoms with Crippen molar-refractivity contribution in [3.8, 4) is 0 Å². The molecule has 0 bridgehead atoms. The minimum atomic E-state index is -0.206. The second-order valence-electron chi connectivity index (χ2n) is 5.22. The molecule has 5 heteroatoms. The van der Waals surface area contributed by atoms with Gasteiger partial charge in [0.05, 0.1) is 5.92 Å². The fraction of sp³-hybridized carbons (Fsp3) is 0.533. The Balaban J connectivity index is 1.88. The van der Waals surface area contributed by atoms with Gasteiger partial charge in [-0.25, -0.2) is 4.39 Å². The van der Waals surface area contributed by atoms with E-state index in [1.807, 2.05) is 6.07 Å². The molecule has 1 unspecified atom stereocenters. The number of carbonyl (C=O) groups is 1. The molecule has 110 valence electrons. The number of hydrogen-bond acceptors (Lipinski definition) is 3. The van der Waals surface area contributed by atoms with Gasteiger partial charge in [-0.2, -0.15) is 12.6 Å². The molecule has 1 aromatic rings. The number of halogens is 1. The molecule has 0 aromatic heterocycles. The molecule has 1 amide bonds. The van der Waals surface area contributed by atoms with E-state index in [0.29, 0.717) is 18.8 Å². The number of hydrogen-bond donors (Lipinski definition) is 2. The van der Waals surface area contributed by atoms with E-state index < -0.39 is 0 Å². The highest BCUT2D eigenvalue weighted by molar-refractivity contribution is 7.80. The number of nitrogens with zero attached hydrogens (tertiary/aromatic N) is 1. The molecular weight excluding hydrogens is 275 g/mol. The predicted molar refractivity (Wildman–Crippen MR) is 81.3 cm³/mol. The van der Waals surface area contributed by atoms with Crippen LogP contribution >= 0.6 is 12.6 Å². The Morgan fingerprint density at radius 2 is 2.35 bits per heavy atom. The molecule has 1 atom stereocenters. The van der Waals surface area contributed by atoms with E-state index in [1.54, 1.807) is 12.1 Å². The first-order chi connectivity index (χ1) is 9.69. The van der Waals surface area contributed by atoms with E-state index in [1.165, 1.54) is 6.07 Å². The van der Waals surface area contributed by atoms with Crippen LogP contribution in [0.25, 0.3) is 0 Å². The minimum Gasteiger partial charge on any atom is -0.355 e. The zero-order chi connectivity index (χ0) is 14.4. The van der Waals surface area contributed by atoms with Crippen molar-refractivity contribution in [2.45, 2.75) is 19.4 Å². The Hall–Kier alpha value is -1.07. The third-order valence-electron chi connectivity index (χ3n) is 3.58. The third-order valence-corrected chi connectivity index (χ3v) is 3.81. The Bertz CT molecular complexity index is 455. The summed E-state index contributed by atoms with van der Waals surface area (Å²) < 4.78 is 13.2. The van der Waals surface area contributed by atoms with Gasteiger partial charge < -0.3 is 5.32 Å². The summed E-state index contributed by atoms with van der Waals surface area (Å²) in [6, 6.07) is 6.66. The Morgan fingerprint density at radius 3 is 3.10 bits per heavy atom. The van der Waals surface area contributed by atoms with Crippen LogP contribution in [-0.2, 0) is 11.3 Å². The first kappa shape index (κ1) is 15.3. The van der Waals surface area contributed by atoms with Gasteiger partial charge in [0.25, 0.3) is 0 Å². The maximum atomic E-state index is 13.2. The van der Waals surface area contributed by atoms with Crippen molar-refractivity contribution in [2.75, 3.05) is 25.4 Å². The Labute approximate surface area is 125 Å². The summed E-state index contributed by atoms with van der Waals surface area (Å²) in [5.74, 6) is 0.605. The number of nitrogens with one attached hydrogen (secondary N) is 1. The number of rotatable bonds is 5. The molecular formula is C15H21FN2OS. The summed E-state index contributed by atoms with van der Waals surface area (Å²) >= 11 is 4.09. The fourth-order valence-electron chi connectivity index (χ4n) is 2.63. The van der Waals surface area contributed by atoms with Gasteiger partial charge in [-0.1, -0.05) is 12.1 Å². The van der Waals surface area contributed by atoms with Gasteiger partial charge in [0.2, 0.25) is 5.91 Å². The van der Waals surface area contributed by atoms with Crippen LogP contribution in [0.5, 0.6) is 0 Å². The SMILES string of the molecule is O=C(NCCS)C1CCCN(Cc2cccc(F)c2)C1. The van der Waals surface area contributed by atoms with Crippen LogP contribution in [0.15, 0.2) is 24.3 Å². The van der Waals surface area contributed by atoms with Gasteiger partial charge in [-0.15, -0.1) is 0 Å².